The van der Waals surface area contributed by atoms with Crippen LogP contribution >= 0.6 is 0 Å². The summed E-state index contributed by atoms with van der Waals surface area (Å²) >= 11 is 0. The molecule has 3 aromatic rings. The fourth-order valence-corrected chi connectivity index (χ4v) is 6.13. The Kier molecular flexibility index (Phi) is 9.62. The van der Waals surface area contributed by atoms with E-state index in [4.69, 9.17) is 47.4 Å². The summed E-state index contributed by atoms with van der Waals surface area (Å²) in [5.41, 5.74) is 2.82. The Balaban J connectivity index is 1.53. The van der Waals surface area contributed by atoms with Crippen LogP contribution in [0.3, 0.4) is 0 Å². The van der Waals surface area contributed by atoms with E-state index in [1.807, 2.05) is 36.4 Å². The Labute approximate surface area is 273 Å². The molecule has 47 heavy (non-hydrogen) atoms. The summed E-state index contributed by atoms with van der Waals surface area (Å²) in [6, 6.07) is 14.5. The predicted molar refractivity (Wildman–Crippen MR) is 170 cm³/mol. The van der Waals surface area contributed by atoms with Crippen LogP contribution in [0.25, 0.3) is 5.57 Å². The zero-order valence-electron chi connectivity index (χ0n) is 27.2. The van der Waals surface area contributed by atoms with Crippen molar-refractivity contribution in [3.63, 3.8) is 0 Å². The van der Waals surface area contributed by atoms with E-state index in [1.54, 1.807) is 40.6 Å². The summed E-state index contributed by atoms with van der Waals surface area (Å²) in [4.78, 5) is 16.5. The molecule has 0 radical (unpaired) electrons. The molecule has 0 spiro atoms. The topological polar surface area (TPSA) is 113 Å². The zero-order chi connectivity index (χ0) is 33.0. The Bertz CT molecular complexity index is 1610. The van der Waals surface area contributed by atoms with Crippen LogP contribution in [-0.2, 0) is 31.2 Å². The zero-order valence-corrected chi connectivity index (χ0v) is 27.2. The normalized spacial score (nSPS) is 19.0. The maximum atomic E-state index is 14.2. The van der Waals surface area contributed by atoms with Gasteiger partial charge in [-0.2, -0.15) is 0 Å². The molecule has 3 aliphatic heterocycles. The molecule has 3 aliphatic rings. The number of esters is 1. The number of carbonyl (C=O) groups excluding carboxylic acids is 1. The van der Waals surface area contributed by atoms with Crippen molar-refractivity contribution in [2.24, 2.45) is 0 Å². The lowest BCUT2D eigenvalue weighted by atomic mass is 9.87. The predicted octanol–water partition coefficient (Wildman–Crippen LogP) is 4.21. The summed E-state index contributed by atoms with van der Waals surface area (Å²) in [6.07, 6.45) is 0.220. The highest BCUT2D eigenvalue weighted by Crippen LogP contribution is 2.51. The maximum Gasteiger partial charge on any atom is 0.342 e. The molecule has 3 heterocycles. The highest BCUT2D eigenvalue weighted by molar-refractivity contribution is 6.20. The second-order valence-electron chi connectivity index (χ2n) is 11.0. The average Bonchev–Trinajstić information content (AvgIpc) is 3.70. The first-order chi connectivity index (χ1) is 22.9. The minimum atomic E-state index is -1.59. The van der Waals surface area contributed by atoms with Crippen LogP contribution in [0.5, 0.6) is 40.2 Å². The number of cyclic esters (lactones) is 1. The summed E-state index contributed by atoms with van der Waals surface area (Å²) in [5.74, 6) is 1.26. The number of nitrogens with zero attached hydrogens (tertiary/aromatic N) is 1. The molecular formula is C35H39NO11. The van der Waals surface area contributed by atoms with Crippen molar-refractivity contribution in [1.82, 2.24) is 4.90 Å². The molecule has 6 rings (SSSR count). The molecule has 250 valence electrons. The van der Waals surface area contributed by atoms with Gasteiger partial charge >= 0.3 is 5.97 Å². The number of hydrogen-bond donors (Lipinski definition) is 0. The number of carbonyl (C=O) groups is 1. The highest BCUT2D eigenvalue weighted by atomic mass is 16.7. The van der Waals surface area contributed by atoms with Crippen molar-refractivity contribution < 1.29 is 52.2 Å². The first-order valence-corrected chi connectivity index (χ1v) is 15.3. The number of fused-ring (bicyclic) bond motifs is 1. The summed E-state index contributed by atoms with van der Waals surface area (Å²) in [5, 5.41) is 0. The van der Waals surface area contributed by atoms with Crippen molar-refractivity contribution in [1.29, 1.82) is 0 Å². The van der Waals surface area contributed by atoms with Crippen LogP contribution in [-0.4, -0.2) is 92.7 Å². The van der Waals surface area contributed by atoms with Crippen LogP contribution in [0, 0.1) is 0 Å². The van der Waals surface area contributed by atoms with Gasteiger partial charge in [-0.25, -0.2) is 4.79 Å². The number of hydrogen-bond acceptors (Lipinski definition) is 12. The minimum absolute atomic E-state index is 0.0391. The number of morpholine rings is 1. The molecule has 3 aromatic carbocycles. The SMILES string of the molecule is COc1ccc(C2(OCCN3CCOCC3)OC(=O)C(c3cc(OC)c4c(c3)OCO4)=C2Cc2cc(OC)c(OC)c(OC)c2)cc1. The van der Waals surface area contributed by atoms with Crippen molar-refractivity contribution in [2.45, 2.75) is 12.2 Å². The number of ether oxygens (including phenoxy) is 10. The van der Waals surface area contributed by atoms with E-state index in [9.17, 15) is 4.79 Å². The number of rotatable bonds is 13. The molecule has 1 unspecified atom stereocenters. The third-order valence-corrected chi connectivity index (χ3v) is 8.48. The lowest BCUT2D eigenvalue weighted by Crippen LogP contribution is -2.41. The van der Waals surface area contributed by atoms with Gasteiger partial charge in [0.1, 0.15) is 5.75 Å². The Morgan fingerprint density at radius 1 is 0.809 bits per heavy atom. The Morgan fingerprint density at radius 3 is 2.15 bits per heavy atom. The lowest BCUT2D eigenvalue weighted by molar-refractivity contribution is -0.210. The van der Waals surface area contributed by atoms with Crippen molar-refractivity contribution in [2.75, 3.05) is 81.8 Å². The first-order valence-electron chi connectivity index (χ1n) is 15.3. The Hall–Kier alpha value is -4.65. The van der Waals surface area contributed by atoms with E-state index in [0.29, 0.717) is 82.3 Å². The van der Waals surface area contributed by atoms with E-state index in [1.165, 1.54) is 7.11 Å². The molecule has 0 aromatic heterocycles. The van der Waals surface area contributed by atoms with E-state index >= 15 is 0 Å². The van der Waals surface area contributed by atoms with Gasteiger partial charge in [-0.3, -0.25) is 4.90 Å². The van der Waals surface area contributed by atoms with Crippen molar-refractivity contribution >= 4 is 11.5 Å². The molecule has 0 amide bonds. The largest absolute Gasteiger partial charge is 0.497 e. The summed E-state index contributed by atoms with van der Waals surface area (Å²) < 4.78 is 58.0. The molecule has 12 nitrogen and oxygen atoms in total. The van der Waals surface area contributed by atoms with Crippen LogP contribution in [0.15, 0.2) is 54.1 Å². The molecule has 12 heteroatoms. The van der Waals surface area contributed by atoms with Gasteiger partial charge in [0.25, 0.3) is 5.79 Å². The third kappa shape index (κ3) is 6.23. The summed E-state index contributed by atoms with van der Waals surface area (Å²) in [6.45, 7) is 3.81. The quantitative estimate of drug-likeness (QED) is 0.247. The molecule has 0 bridgehead atoms. The van der Waals surface area contributed by atoms with E-state index in [-0.39, 0.29) is 19.8 Å². The Morgan fingerprint density at radius 2 is 1.51 bits per heavy atom. The number of methoxy groups -OCH3 is 5. The fourth-order valence-electron chi connectivity index (χ4n) is 6.13. The van der Waals surface area contributed by atoms with Crippen LogP contribution in [0.2, 0.25) is 0 Å². The van der Waals surface area contributed by atoms with Crippen LogP contribution < -0.4 is 33.2 Å². The molecule has 1 atom stereocenters. The van der Waals surface area contributed by atoms with Gasteiger partial charge in [0, 0.05) is 37.2 Å². The molecule has 1 fully saturated rings. The minimum Gasteiger partial charge on any atom is -0.497 e. The van der Waals surface area contributed by atoms with E-state index < -0.39 is 11.8 Å². The highest BCUT2D eigenvalue weighted by Gasteiger charge is 2.51. The van der Waals surface area contributed by atoms with E-state index in [0.717, 1.165) is 18.7 Å². The second kappa shape index (κ2) is 14.0. The lowest BCUT2D eigenvalue weighted by Gasteiger charge is -2.33. The van der Waals surface area contributed by atoms with Crippen LogP contribution in [0.4, 0.5) is 0 Å². The van der Waals surface area contributed by atoms with Crippen molar-refractivity contribution in [3.05, 3.63) is 70.8 Å². The second-order valence-corrected chi connectivity index (χ2v) is 11.0. The smallest absolute Gasteiger partial charge is 0.342 e. The van der Waals surface area contributed by atoms with Gasteiger partial charge in [0.2, 0.25) is 18.3 Å². The van der Waals surface area contributed by atoms with Gasteiger partial charge < -0.3 is 47.4 Å². The molecule has 1 saturated heterocycles. The van der Waals surface area contributed by atoms with Gasteiger partial charge in [-0.05, 0) is 59.7 Å². The first kappa shape index (κ1) is 32.3. The summed E-state index contributed by atoms with van der Waals surface area (Å²) in [7, 11) is 7.80. The van der Waals surface area contributed by atoms with E-state index in [2.05, 4.69) is 4.90 Å². The van der Waals surface area contributed by atoms with Gasteiger partial charge in [0.05, 0.1) is 60.9 Å². The molecular weight excluding hydrogens is 610 g/mol. The molecule has 0 saturated carbocycles. The van der Waals surface area contributed by atoms with Crippen molar-refractivity contribution in [3.8, 4) is 40.2 Å². The van der Waals surface area contributed by atoms with Gasteiger partial charge in [-0.15, -0.1) is 0 Å². The number of benzene rings is 3. The maximum absolute atomic E-state index is 14.2. The monoisotopic (exact) mass is 649 g/mol. The average molecular weight is 650 g/mol. The molecule has 0 N–H and O–H groups in total. The standard InChI is InChI=1S/C35H39NO11/c1-38-25-8-6-24(7-9-25)35(46-15-12-36-10-13-43-14-11-36)26(16-22-17-27(39-2)32(42-5)28(18-22)40-3)31(34(37)47-35)23-19-29(41-4)33-30(20-23)44-21-45-33/h6-9,17-20H,10-16,21H2,1-5H3. The van der Waals surface area contributed by atoms with Gasteiger partial charge in [-0.1, -0.05) is 0 Å². The third-order valence-electron chi connectivity index (χ3n) is 8.48. The van der Waals surface area contributed by atoms with Crippen LogP contribution in [0.1, 0.15) is 16.7 Å². The fraction of sp³-hybridized carbons (Fsp3) is 0.400. The van der Waals surface area contributed by atoms with Gasteiger partial charge in [0.15, 0.2) is 23.0 Å². The molecule has 0 aliphatic carbocycles.